The second-order valence-electron chi connectivity index (χ2n) is 9.30. The summed E-state index contributed by atoms with van der Waals surface area (Å²) in [6.45, 7) is 0. The van der Waals surface area contributed by atoms with Gasteiger partial charge in [-0.15, -0.1) is 0 Å². The van der Waals surface area contributed by atoms with Crippen molar-refractivity contribution in [3.63, 3.8) is 0 Å². The smallest absolute Gasteiger partial charge is 0.135 e. The standard InChI is InChI=1S/C34H20O/c1-3-10-24-21(8-1)16-17-23-20-22-9-2-4-11-25(22)34(32(23)24)29-18-19-31-33-27(13-7-14-28(29)33)26-12-5-6-15-30(26)35-31/h1-20H. The highest BCUT2D eigenvalue weighted by atomic mass is 16.5. The van der Waals surface area contributed by atoms with Crippen LogP contribution in [0, 0.1) is 0 Å². The number of para-hydroxylation sites is 1. The SMILES string of the molecule is c1ccc2c(c1)Oc1ccc(-c3c4ccccc4cc4ccc5ccccc5c34)c3cccc-2c13. The summed E-state index contributed by atoms with van der Waals surface area (Å²) in [5.74, 6) is 1.84. The first-order valence-electron chi connectivity index (χ1n) is 12.0. The summed E-state index contributed by atoms with van der Waals surface area (Å²) < 4.78 is 6.39. The predicted octanol–water partition coefficient (Wildman–Crippen LogP) is 9.74. The van der Waals surface area contributed by atoms with Crippen LogP contribution in [0.5, 0.6) is 11.5 Å². The molecule has 1 heterocycles. The molecule has 1 aliphatic heterocycles. The van der Waals surface area contributed by atoms with Crippen LogP contribution in [0.1, 0.15) is 0 Å². The van der Waals surface area contributed by atoms with Gasteiger partial charge in [0.25, 0.3) is 0 Å². The molecule has 0 aliphatic carbocycles. The molecule has 1 nitrogen and oxygen atoms in total. The largest absolute Gasteiger partial charge is 0.456 e. The number of rotatable bonds is 1. The van der Waals surface area contributed by atoms with Gasteiger partial charge in [-0.25, -0.2) is 0 Å². The van der Waals surface area contributed by atoms with Crippen LogP contribution >= 0.6 is 0 Å². The van der Waals surface area contributed by atoms with Crippen LogP contribution in [0.25, 0.3) is 65.3 Å². The Hall–Kier alpha value is -4.62. The molecule has 35 heavy (non-hydrogen) atoms. The van der Waals surface area contributed by atoms with Crippen molar-refractivity contribution in [2.45, 2.75) is 0 Å². The van der Waals surface area contributed by atoms with Gasteiger partial charge in [0.05, 0.1) is 0 Å². The van der Waals surface area contributed by atoms with E-state index >= 15 is 0 Å². The normalized spacial score (nSPS) is 12.2. The van der Waals surface area contributed by atoms with E-state index in [1.165, 1.54) is 59.8 Å². The van der Waals surface area contributed by atoms with Crippen LogP contribution in [0.2, 0.25) is 0 Å². The van der Waals surface area contributed by atoms with Crippen molar-refractivity contribution < 1.29 is 4.74 Å². The zero-order chi connectivity index (χ0) is 22.9. The highest BCUT2D eigenvalue weighted by Crippen LogP contribution is 2.50. The Morgan fingerprint density at radius 3 is 2.03 bits per heavy atom. The Kier molecular flexibility index (Phi) is 3.72. The molecule has 0 saturated heterocycles. The monoisotopic (exact) mass is 444 g/mol. The average Bonchev–Trinajstić information content (AvgIpc) is 2.92. The molecular weight excluding hydrogens is 424 g/mol. The first kappa shape index (κ1) is 18.8. The van der Waals surface area contributed by atoms with E-state index in [4.69, 9.17) is 4.74 Å². The molecular formula is C34H20O. The Morgan fingerprint density at radius 1 is 0.371 bits per heavy atom. The molecule has 1 aliphatic rings. The third-order valence-corrected chi connectivity index (χ3v) is 7.42. The minimum atomic E-state index is 0.918. The molecule has 8 rings (SSSR count). The quantitative estimate of drug-likeness (QED) is 0.181. The van der Waals surface area contributed by atoms with Crippen LogP contribution in [-0.2, 0) is 0 Å². The Balaban J connectivity index is 1.58. The van der Waals surface area contributed by atoms with Crippen molar-refractivity contribution in [2.24, 2.45) is 0 Å². The minimum absolute atomic E-state index is 0.918. The number of benzene rings is 7. The number of hydrogen-bond donors (Lipinski definition) is 0. The van der Waals surface area contributed by atoms with E-state index in [1.54, 1.807) is 0 Å². The first-order chi connectivity index (χ1) is 17.4. The summed E-state index contributed by atoms with van der Waals surface area (Å²) in [5.41, 5.74) is 4.91. The highest BCUT2D eigenvalue weighted by molar-refractivity contribution is 6.25. The molecule has 7 aromatic rings. The Labute approximate surface area is 202 Å². The van der Waals surface area contributed by atoms with Gasteiger partial charge in [0.15, 0.2) is 0 Å². The molecule has 1 heteroatoms. The maximum absolute atomic E-state index is 6.39. The third kappa shape index (κ3) is 2.58. The Bertz CT molecular complexity index is 1980. The summed E-state index contributed by atoms with van der Waals surface area (Å²) in [5, 5.41) is 10.1. The second kappa shape index (κ2) is 6.94. The van der Waals surface area contributed by atoms with Crippen molar-refractivity contribution in [1.82, 2.24) is 0 Å². The summed E-state index contributed by atoms with van der Waals surface area (Å²) in [6, 6.07) is 43.6. The molecule has 0 N–H and O–H groups in total. The van der Waals surface area contributed by atoms with Crippen LogP contribution in [0.3, 0.4) is 0 Å². The molecule has 0 aromatic heterocycles. The van der Waals surface area contributed by atoms with Crippen molar-refractivity contribution in [2.75, 3.05) is 0 Å². The van der Waals surface area contributed by atoms with Crippen molar-refractivity contribution in [1.29, 1.82) is 0 Å². The van der Waals surface area contributed by atoms with Crippen molar-refractivity contribution >= 4 is 43.1 Å². The second-order valence-corrected chi connectivity index (χ2v) is 9.30. The fraction of sp³-hybridized carbons (Fsp3) is 0. The molecule has 0 spiro atoms. The minimum Gasteiger partial charge on any atom is -0.456 e. The predicted molar refractivity (Wildman–Crippen MR) is 147 cm³/mol. The van der Waals surface area contributed by atoms with Gasteiger partial charge in [0.1, 0.15) is 11.5 Å². The van der Waals surface area contributed by atoms with Gasteiger partial charge in [-0.3, -0.25) is 0 Å². The lowest BCUT2D eigenvalue weighted by molar-refractivity contribution is 0.487. The fourth-order valence-electron chi connectivity index (χ4n) is 5.92. The van der Waals surface area contributed by atoms with E-state index in [-0.39, 0.29) is 0 Å². The molecule has 162 valence electrons. The van der Waals surface area contributed by atoms with Crippen LogP contribution in [-0.4, -0.2) is 0 Å². The Morgan fingerprint density at radius 2 is 1.09 bits per heavy atom. The molecule has 7 aromatic carbocycles. The fourth-order valence-corrected chi connectivity index (χ4v) is 5.92. The third-order valence-electron chi connectivity index (χ3n) is 7.42. The number of ether oxygens (including phenoxy) is 1. The lowest BCUT2D eigenvalue weighted by atomic mass is 9.85. The zero-order valence-electron chi connectivity index (χ0n) is 19.0. The number of hydrogen-bond acceptors (Lipinski definition) is 1. The molecule has 0 radical (unpaired) electrons. The van der Waals surface area contributed by atoms with Crippen LogP contribution in [0.4, 0.5) is 0 Å². The van der Waals surface area contributed by atoms with E-state index in [0.29, 0.717) is 0 Å². The molecule has 0 bridgehead atoms. The van der Waals surface area contributed by atoms with E-state index in [1.807, 2.05) is 6.07 Å². The average molecular weight is 445 g/mol. The van der Waals surface area contributed by atoms with Crippen molar-refractivity contribution in [3.8, 4) is 33.8 Å². The summed E-state index contributed by atoms with van der Waals surface area (Å²) >= 11 is 0. The topological polar surface area (TPSA) is 9.23 Å². The summed E-state index contributed by atoms with van der Waals surface area (Å²) in [7, 11) is 0. The molecule has 0 amide bonds. The van der Waals surface area contributed by atoms with Gasteiger partial charge in [-0.1, -0.05) is 97.1 Å². The van der Waals surface area contributed by atoms with Gasteiger partial charge in [0, 0.05) is 10.9 Å². The molecule has 0 fully saturated rings. The van der Waals surface area contributed by atoms with E-state index in [0.717, 1.165) is 17.1 Å². The molecule has 0 atom stereocenters. The highest BCUT2D eigenvalue weighted by Gasteiger charge is 2.22. The van der Waals surface area contributed by atoms with E-state index in [2.05, 4.69) is 115 Å². The first-order valence-corrected chi connectivity index (χ1v) is 12.0. The van der Waals surface area contributed by atoms with E-state index in [9.17, 15) is 0 Å². The van der Waals surface area contributed by atoms with Crippen LogP contribution < -0.4 is 4.74 Å². The van der Waals surface area contributed by atoms with Gasteiger partial charge >= 0.3 is 0 Å². The summed E-state index contributed by atoms with van der Waals surface area (Å²) in [6.07, 6.45) is 0. The van der Waals surface area contributed by atoms with Crippen LogP contribution in [0.15, 0.2) is 121 Å². The van der Waals surface area contributed by atoms with Gasteiger partial charge in [-0.2, -0.15) is 0 Å². The zero-order valence-corrected chi connectivity index (χ0v) is 19.0. The van der Waals surface area contributed by atoms with Gasteiger partial charge in [-0.05, 0) is 78.7 Å². The van der Waals surface area contributed by atoms with Crippen molar-refractivity contribution in [3.05, 3.63) is 121 Å². The maximum atomic E-state index is 6.39. The van der Waals surface area contributed by atoms with Gasteiger partial charge < -0.3 is 4.74 Å². The van der Waals surface area contributed by atoms with E-state index < -0.39 is 0 Å². The molecule has 0 unspecified atom stereocenters. The lowest BCUT2D eigenvalue weighted by Gasteiger charge is -2.23. The molecule has 0 saturated carbocycles. The summed E-state index contributed by atoms with van der Waals surface area (Å²) in [4.78, 5) is 0. The number of fused-ring (bicyclic) bond motifs is 6. The maximum Gasteiger partial charge on any atom is 0.135 e. The van der Waals surface area contributed by atoms with Gasteiger partial charge in [0.2, 0.25) is 0 Å². The lowest BCUT2D eigenvalue weighted by Crippen LogP contribution is -1.98.